The summed E-state index contributed by atoms with van der Waals surface area (Å²) in [5.74, 6) is 1.82. The van der Waals surface area contributed by atoms with Gasteiger partial charge in [-0.1, -0.05) is 36.8 Å². The third-order valence-corrected chi connectivity index (χ3v) is 6.41. The lowest BCUT2D eigenvalue weighted by Crippen LogP contribution is -2.41. The Morgan fingerprint density at radius 1 is 1.12 bits per heavy atom. The van der Waals surface area contributed by atoms with Crippen LogP contribution in [-0.4, -0.2) is 55.4 Å². The van der Waals surface area contributed by atoms with E-state index in [9.17, 15) is 4.79 Å². The summed E-state index contributed by atoms with van der Waals surface area (Å²) >= 11 is 7.38. The van der Waals surface area contributed by atoms with Gasteiger partial charge in [0.05, 0.1) is 10.2 Å². The molecule has 3 aromatic rings. The van der Waals surface area contributed by atoms with Crippen LogP contribution in [0.1, 0.15) is 13.8 Å². The van der Waals surface area contributed by atoms with Crippen LogP contribution in [0.15, 0.2) is 36.4 Å². The van der Waals surface area contributed by atoms with Gasteiger partial charge in [0.2, 0.25) is 6.79 Å². The molecule has 0 fully saturated rings. The monoisotopic (exact) mass is 497 g/mol. The molecule has 32 heavy (non-hydrogen) atoms. The second-order valence-corrected chi connectivity index (χ2v) is 8.43. The molecule has 0 spiro atoms. The number of aromatic nitrogens is 1. The van der Waals surface area contributed by atoms with Gasteiger partial charge in [0.25, 0.3) is 5.91 Å². The van der Waals surface area contributed by atoms with Gasteiger partial charge in [0.15, 0.2) is 23.2 Å². The van der Waals surface area contributed by atoms with Gasteiger partial charge in [-0.25, -0.2) is 4.98 Å². The topological polar surface area (TPSA) is 64.1 Å². The summed E-state index contributed by atoms with van der Waals surface area (Å²) in [6.45, 7) is 7.46. The van der Waals surface area contributed by atoms with Gasteiger partial charge in [-0.15, -0.1) is 12.4 Å². The van der Waals surface area contributed by atoms with E-state index >= 15 is 0 Å². The van der Waals surface area contributed by atoms with Crippen molar-refractivity contribution in [3.8, 4) is 17.2 Å². The Hall–Kier alpha value is -2.26. The number of thiazole rings is 1. The summed E-state index contributed by atoms with van der Waals surface area (Å²) in [6, 6.07) is 10.7. The minimum Gasteiger partial charge on any atom is -0.484 e. The number of likely N-dealkylation sites (N-methyl/N-ethyl adjacent to an activating group) is 1. The molecule has 1 aromatic heterocycles. The first kappa shape index (κ1) is 24.4. The van der Waals surface area contributed by atoms with E-state index in [4.69, 9.17) is 30.8 Å². The maximum Gasteiger partial charge on any atom is 0.266 e. The number of hydrogen-bond donors (Lipinski definition) is 0. The van der Waals surface area contributed by atoms with Crippen molar-refractivity contribution < 1.29 is 19.0 Å². The summed E-state index contributed by atoms with van der Waals surface area (Å²) in [5, 5.41) is 1.25. The highest BCUT2D eigenvalue weighted by molar-refractivity contribution is 7.22. The zero-order valence-electron chi connectivity index (χ0n) is 17.9. The summed E-state index contributed by atoms with van der Waals surface area (Å²) in [5.41, 5.74) is 0.781. The molecular formula is C22H25Cl2N3O4S. The molecule has 0 bridgehead atoms. The van der Waals surface area contributed by atoms with Crippen molar-refractivity contribution >= 4 is 56.6 Å². The summed E-state index contributed by atoms with van der Waals surface area (Å²) < 4.78 is 17.6. The highest BCUT2D eigenvalue weighted by Gasteiger charge is 2.23. The average Bonchev–Trinajstić information content (AvgIpc) is 3.40. The van der Waals surface area contributed by atoms with Crippen molar-refractivity contribution in [2.24, 2.45) is 0 Å². The van der Waals surface area contributed by atoms with Crippen molar-refractivity contribution in [3.05, 3.63) is 41.4 Å². The van der Waals surface area contributed by atoms with Crippen molar-refractivity contribution in [2.45, 2.75) is 13.8 Å². The first-order valence-electron chi connectivity index (χ1n) is 10.2. The van der Waals surface area contributed by atoms with Gasteiger partial charge in [-0.05, 0) is 37.4 Å². The molecule has 0 saturated heterocycles. The van der Waals surface area contributed by atoms with Gasteiger partial charge in [-0.2, -0.15) is 0 Å². The molecule has 0 unspecified atom stereocenters. The fourth-order valence-electron chi connectivity index (χ4n) is 3.28. The van der Waals surface area contributed by atoms with Gasteiger partial charge in [0.1, 0.15) is 5.75 Å². The molecule has 1 amide bonds. The number of benzene rings is 2. The normalized spacial score (nSPS) is 12.1. The third-order valence-electron chi connectivity index (χ3n) is 5.11. The second-order valence-electron chi connectivity index (χ2n) is 6.98. The summed E-state index contributed by atoms with van der Waals surface area (Å²) in [4.78, 5) is 21.8. The lowest BCUT2D eigenvalue weighted by molar-refractivity contribution is -0.120. The van der Waals surface area contributed by atoms with Crippen LogP contribution in [0, 0.1) is 0 Å². The Morgan fingerprint density at radius 3 is 2.50 bits per heavy atom. The lowest BCUT2D eigenvalue weighted by Gasteiger charge is -2.24. The molecule has 0 saturated carbocycles. The van der Waals surface area contributed by atoms with Crippen LogP contribution in [0.5, 0.6) is 17.2 Å². The number of fused-ring (bicyclic) bond motifs is 2. The number of nitrogens with zero attached hydrogens (tertiary/aromatic N) is 3. The molecule has 0 aliphatic carbocycles. The fraction of sp³-hybridized carbons (Fsp3) is 0.364. The Bertz CT molecular complexity index is 1020. The summed E-state index contributed by atoms with van der Waals surface area (Å²) in [6.07, 6.45) is 0. The zero-order valence-corrected chi connectivity index (χ0v) is 20.3. The number of halogens is 2. The summed E-state index contributed by atoms with van der Waals surface area (Å²) in [7, 11) is 0. The highest BCUT2D eigenvalue weighted by Crippen LogP contribution is 2.39. The Labute approximate surface area is 202 Å². The molecule has 4 rings (SSSR count). The minimum absolute atomic E-state index is 0. The van der Waals surface area contributed by atoms with Gasteiger partial charge < -0.3 is 19.1 Å². The number of carbonyl (C=O) groups excluding carboxylic acids is 1. The first-order valence-corrected chi connectivity index (χ1v) is 11.4. The molecule has 2 aromatic carbocycles. The lowest BCUT2D eigenvalue weighted by atomic mass is 10.3. The van der Waals surface area contributed by atoms with E-state index in [1.165, 1.54) is 11.3 Å². The van der Waals surface area contributed by atoms with E-state index in [1.807, 2.05) is 12.1 Å². The molecule has 0 radical (unpaired) electrons. The largest absolute Gasteiger partial charge is 0.484 e. The number of anilines is 1. The van der Waals surface area contributed by atoms with Crippen LogP contribution in [0.4, 0.5) is 5.13 Å². The van der Waals surface area contributed by atoms with E-state index in [0.717, 1.165) is 29.9 Å². The van der Waals surface area contributed by atoms with E-state index in [0.29, 0.717) is 33.9 Å². The predicted octanol–water partition coefficient (Wildman–Crippen LogP) is 4.85. The second kappa shape index (κ2) is 11.0. The van der Waals surface area contributed by atoms with Crippen LogP contribution in [0.2, 0.25) is 5.02 Å². The van der Waals surface area contributed by atoms with Crippen LogP contribution in [0.25, 0.3) is 10.2 Å². The third kappa shape index (κ3) is 5.56. The van der Waals surface area contributed by atoms with Crippen LogP contribution in [0.3, 0.4) is 0 Å². The number of hydrogen-bond acceptors (Lipinski definition) is 7. The predicted molar refractivity (Wildman–Crippen MR) is 130 cm³/mol. The van der Waals surface area contributed by atoms with Crippen LogP contribution < -0.4 is 19.1 Å². The Balaban J connectivity index is 0.00000289. The molecule has 7 nitrogen and oxygen atoms in total. The van der Waals surface area contributed by atoms with Gasteiger partial charge in [-0.3, -0.25) is 9.69 Å². The molecule has 0 atom stereocenters. The van der Waals surface area contributed by atoms with Crippen molar-refractivity contribution in [1.82, 2.24) is 9.88 Å². The van der Waals surface area contributed by atoms with Crippen molar-refractivity contribution in [3.63, 3.8) is 0 Å². The Kier molecular flexibility index (Phi) is 8.42. The van der Waals surface area contributed by atoms with Crippen molar-refractivity contribution in [2.75, 3.05) is 44.5 Å². The highest BCUT2D eigenvalue weighted by atomic mass is 35.5. The number of ether oxygens (including phenoxy) is 3. The van der Waals surface area contributed by atoms with Gasteiger partial charge >= 0.3 is 0 Å². The molecule has 0 N–H and O–H groups in total. The van der Waals surface area contributed by atoms with E-state index < -0.39 is 0 Å². The fourth-order valence-corrected chi connectivity index (χ4v) is 4.43. The van der Waals surface area contributed by atoms with E-state index in [-0.39, 0.29) is 31.7 Å². The molecule has 10 heteroatoms. The SMILES string of the molecule is CCN(CC)CCN(C(=O)COc1ccc(Cl)cc1)c1nc2cc3c(cc2s1)OCO3.Cl. The van der Waals surface area contributed by atoms with Gasteiger partial charge in [0, 0.05) is 30.2 Å². The zero-order chi connectivity index (χ0) is 21.8. The molecule has 172 valence electrons. The molecule has 1 aliphatic heterocycles. The van der Waals surface area contributed by atoms with E-state index in [1.54, 1.807) is 29.2 Å². The minimum atomic E-state index is -0.152. The Morgan fingerprint density at radius 2 is 1.81 bits per heavy atom. The number of rotatable bonds is 9. The number of amides is 1. The standard InChI is InChI=1S/C22H24ClN3O4S.ClH/c1-3-25(4-2)9-10-26(21(27)13-28-16-7-5-15(23)6-8-16)22-24-17-11-18-19(30-14-29-18)12-20(17)31-22;/h5-8,11-12H,3-4,9-10,13-14H2,1-2H3;1H. The van der Waals surface area contributed by atoms with E-state index in [2.05, 4.69) is 18.7 Å². The first-order chi connectivity index (χ1) is 15.1. The van der Waals surface area contributed by atoms with Crippen LogP contribution >= 0.6 is 35.3 Å². The number of carbonyl (C=O) groups is 1. The molecular weight excluding hydrogens is 473 g/mol. The maximum absolute atomic E-state index is 13.1. The molecule has 2 heterocycles. The maximum atomic E-state index is 13.1. The smallest absolute Gasteiger partial charge is 0.266 e. The quantitative estimate of drug-likeness (QED) is 0.420. The average molecular weight is 498 g/mol. The molecule has 1 aliphatic rings. The van der Waals surface area contributed by atoms with Crippen molar-refractivity contribution in [1.29, 1.82) is 0 Å². The van der Waals surface area contributed by atoms with Crippen LogP contribution in [-0.2, 0) is 4.79 Å².